The van der Waals surface area contributed by atoms with Gasteiger partial charge in [-0.05, 0) is 76.5 Å². The lowest BCUT2D eigenvalue weighted by atomic mass is 9.93. The Morgan fingerprint density at radius 3 is 2.64 bits per heavy atom. The zero-order valence-electron chi connectivity index (χ0n) is 22.1. The number of carbonyl (C=O) groups is 1. The number of anilines is 1. The molecule has 0 radical (unpaired) electrons. The van der Waals surface area contributed by atoms with E-state index in [9.17, 15) is 9.59 Å². The van der Waals surface area contributed by atoms with Crippen LogP contribution in [-0.4, -0.2) is 55.3 Å². The van der Waals surface area contributed by atoms with E-state index in [4.69, 9.17) is 11.6 Å². The van der Waals surface area contributed by atoms with E-state index < -0.39 is 0 Å². The summed E-state index contributed by atoms with van der Waals surface area (Å²) in [6, 6.07) is 6.33. The number of benzene rings is 1. The van der Waals surface area contributed by atoms with Gasteiger partial charge >= 0.3 is 0 Å². The van der Waals surface area contributed by atoms with Crippen LogP contribution in [0.2, 0.25) is 5.02 Å². The highest BCUT2D eigenvalue weighted by molar-refractivity contribution is 6.31. The maximum Gasteiger partial charge on any atom is 0.274 e. The first kappa shape index (κ1) is 26.6. The molecule has 1 aromatic heterocycles. The molecule has 7 nitrogen and oxygen atoms in total. The summed E-state index contributed by atoms with van der Waals surface area (Å²) < 4.78 is 1.63. The molecule has 0 saturated heterocycles. The molecule has 4 rings (SSSR count). The van der Waals surface area contributed by atoms with Crippen molar-refractivity contribution in [1.29, 1.82) is 0 Å². The van der Waals surface area contributed by atoms with Gasteiger partial charge in [-0.3, -0.25) is 9.59 Å². The van der Waals surface area contributed by atoms with Crippen molar-refractivity contribution in [3.8, 4) is 0 Å². The summed E-state index contributed by atoms with van der Waals surface area (Å²) in [5, 5.41) is 3.60. The molecule has 2 heterocycles. The Kier molecular flexibility index (Phi) is 8.62. The van der Waals surface area contributed by atoms with Gasteiger partial charge in [-0.15, -0.1) is 0 Å². The first-order valence-electron chi connectivity index (χ1n) is 13.3. The van der Waals surface area contributed by atoms with Crippen molar-refractivity contribution in [1.82, 2.24) is 14.9 Å². The van der Waals surface area contributed by atoms with Crippen LogP contribution < -0.4 is 21.2 Å². The number of aromatic nitrogens is 1. The second-order valence-corrected chi connectivity index (χ2v) is 10.8. The highest BCUT2D eigenvalue weighted by Crippen LogP contribution is 2.33. The second-order valence-electron chi connectivity index (χ2n) is 10.3. The van der Waals surface area contributed by atoms with E-state index in [-0.39, 0.29) is 18.0 Å². The third-order valence-corrected chi connectivity index (χ3v) is 7.86. The van der Waals surface area contributed by atoms with E-state index >= 15 is 0 Å². The number of hydrogen-bond acceptors (Lipinski definition) is 5. The minimum atomic E-state index is -0.202. The second kappa shape index (κ2) is 11.7. The molecule has 196 valence electrons. The molecule has 2 aromatic rings. The van der Waals surface area contributed by atoms with Crippen molar-refractivity contribution in [2.75, 3.05) is 44.1 Å². The van der Waals surface area contributed by atoms with E-state index in [1.165, 1.54) is 32.1 Å². The van der Waals surface area contributed by atoms with E-state index in [1.54, 1.807) is 10.7 Å². The molecule has 0 bridgehead atoms. The Labute approximate surface area is 219 Å². The van der Waals surface area contributed by atoms with E-state index in [0.717, 1.165) is 55.0 Å². The Bertz CT molecular complexity index is 1150. The zero-order chi connectivity index (χ0) is 25.8. The topological polar surface area (TPSA) is 69.6 Å². The van der Waals surface area contributed by atoms with Gasteiger partial charge < -0.3 is 20.5 Å². The van der Waals surface area contributed by atoms with Crippen LogP contribution in [0.25, 0.3) is 0 Å². The predicted octanol–water partition coefficient (Wildman–Crippen LogP) is 4.10. The Morgan fingerprint density at radius 1 is 1.19 bits per heavy atom. The summed E-state index contributed by atoms with van der Waals surface area (Å²) in [7, 11) is 4.05. The number of halogens is 1. The molecule has 1 aromatic carbocycles. The standard InChI is InChI=1S/C28H40ClN5O2/c1-5-33(22-9-7-6-8-10-22)26-17-21(29)16-24(19(26)2)27(35)30-18-25-20(12-14-32(3)4)15-23-11-13-31-34(23)28(25)36/h15-17,22,31H,5-14,18H2,1-4H3,(H,30,35). The summed E-state index contributed by atoms with van der Waals surface area (Å²) >= 11 is 6.54. The van der Waals surface area contributed by atoms with Gasteiger partial charge in [0, 0.05) is 66.2 Å². The number of carbonyl (C=O) groups excluding carboxylic acids is 1. The summed E-state index contributed by atoms with van der Waals surface area (Å²) in [5.74, 6) is -0.202. The third kappa shape index (κ3) is 5.73. The molecular weight excluding hydrogens is 474 g/mol. The molecule has 1 aliphatic carbocycles. The van der Waals surface area contributed by atoms with Crippen molar-refractivity contribution in [3.05, 3.63) is 61.5 Å². The Morgan fingerprint density at radius 2 is 1.94 bits per heavy atom. The van der Waals surface area contributed by atoms with Crippen molar-refractivity contribution in [2.24, 2.45) is 0 Å². The van der Waals surface area contributed by atoms with Gasteiger partial charge in [0.05, 0.1) is 0 Å². The smallest absolute Gasteiger partial charge is 0.274 e. The molecular formula is C28H40ClN5O2. The molecule has 0 atom stereocenters. The van der Waals surface area contributed by atoms with Gasteiger partial charge in [-0.25, -0.2) is 4.68 Å². The SMILES string of the molecule is CCN(c1cc(Cl)cc(C(=O)NCc2c(CCN(C)C)cc3n(c2=O)NCC3)c1C)C1CCCCC1. The number of nitrogens with zero attached hydrogens (tertiary/aromatic N) is 3. The summed E-state index contributed by atoms with van der Waals surface area (Å²) in [6.45, 7) is 6.81. The summed E-state index contributed by atoms with van der Waals surface area (Å²) in [5.41, 5.74) is 8.27. The number of likely N-dealkylation sites (N-methyl/N-ethyl adjacent to an activating group) is 1. The number of rotatable bonds is 9. The third-order valence-electron chi connectivity index (χ3n) is 7.64. The maximum atomic E-state index is 13.4. The van der Waals surface area contributed by atoms with Crippen molar-refractivity contribution in [2.45, 2.75) is 71.4 Å². The number of pyridine rings is 1. The number of fused-ring (bicyclic) bond motifs is 1. The average Bonchev–Trinajstić information content (AvgIpc) is 3.34. The number of nitrogens with one attached hydrogen (secondary N) is 2. The molecule has 1 aliphatic heterocycles. The van der Waals surface area contributed by atoms with Gasteiger partial charge in [0.2, 0.25) is 0 Å². The largest absolute Gasteiger partial charge is 0.369 e. The van der Waals surface area contributed by atoms with E-state index in [1.807, 2.05) is 27.1 Å². The first-order valence-corrected chi connectivity index (χ1v) is 13.7. The molecule has 8 heteroatoms. The van der Waals surface area contributed by atoms with Gasteiger partial charge in [-0.1, -0.05) is 30.9 Å². The fraction of sp³-hybridized carbons (Fsp3) is 0.571. The zero-order valence-corrected chi connectivity index (χ0v) is 22.9. The van der Waals surface area contributed by atoms with E-state index in [0.29, 0.717) is 22.2 Å². The van der Waals surface area contributed by atoms with Crippen LogP contribution in [0.3, 0.4) is 0 Å². The van der Waals surface area contributed by atoms with Crippen LogP contribution in [0.1, 0.15) is 71.8 Å². The van der Waals surface area contributed by atoms with Crippen molar-refractivity contribution >= 4 is 23.2 Å². The highest BCUT2D eigenvalue weighted by atomic mass is 35.5. The molecule has 0 spiro atoms. The fourth-order valence-electron chi connectivity index (χ4n) is 5.65. The maximum absolute atomic E-state index is 13.4. The lowest BCUT2D eigenvalue weighted by Crippen LogP contribution is -2.37. The Hall–Kier alpha value is -2.51. The predicted molar refractivity (Wildman–Crippen MR) is 148 cm³/mol. The number of amides is 1. The molecule has 2 N–H and O–H groups in total. The van der Waals surface area contributed by atoms with Gasteiger partial charge in [0.1, 0.15) is 0 Å². The van der Waals surface area contributed by atoms with Crippen molar-refractivity contribution in [3.63, 3.8) is 0 Å². The van der Waals surface area contributed by atoms with Crippen molar-refractivity contribution < 1.29 is 4.79 Å². The fourth-order valence-corrected chi connectivity index (χ4v) is 5.86. The first-order chi connectivity index (χ1) is 17.3. The molecule has 1 fully saturated rings. The number of hydrogen-bond donors (Lipinski definition) is 2. The van der Waals surface area contributed by atoms with Crippen LogP contribution in [0.4, 0.5) is 5.69 Å². The molecule has 36 heavy (non-hydrogen) atoms. The quantitative estimate of drug-likeness (QED) is 0.528. The minimum absolute atomic E-state index is 0.0722. The van der Waals surface area contributed by atoms with Crippen LogP contribution in [0.15, 0.2) is 23.0 Å². The highest BCUT2D eigenvalue weighted by Gasteiger charge is 2.25. The summed E-state index contributed by atoms with van der Waals surface area (Å²) in [4.78, 5) is 31.2. The molecule has 0 unspecified atom stereocenters. The minimum Gasteiger partial charge on any atom is -0.369 e. The van der Waals surface area contributed by atoms with E-state index in [2.05, 4.69) is 33.5 Å². The van der Waals surface area contributed by atoms with Crippen LogP contribution >= 0.6 is 11.6 Å². The normalized spacial score (nSPS) is 15.6. The van der Waals surface area contributed by atoms with Crippen LogP contribution in [-0.2, 0) is 19.4 Å². The lowest BCUT2D eigenvalue weighted by molar-refractivity contribution is 0.0950. The summed E-state index contributed by atoms with van der Waals surface area (Å²) in [6.07, 6.45) is 7.72. The lowest BCUT2D eigenvalue weighted by Gasteiger charge is -2.36. The van der Waals surface area contributed by atoms with Crippen LogP contribution in [0, 0.1) is 6.92 Å². The molecule has 1 saturated carbocycles. The Balaban J connectivity index is 1.59. The molecule has 2 aliphatic rings. The van der Waals surface area contributed by atoms with Crippen LogP contribution in [0.5, 0.6) is 0 Å². The molecule has 1 amide bonds. The van der Waals surface area contributed by atoms with Gasteiger partial charge in [0.25, 0.3) is 11.5 Å². The van der Waals surface area contributed by atoms with Gasteiger partial charge in [-0.2, -0.15) is 0 Å². The van der Waals surface area contributed by atoms with Gasteiger partial charge in [0.15, 0.2) is 0 Å². The average molecular weight is 514 g/mol. The monoisotopic (exact) mass is 513 g/mol.